The summed E-state index contributed by atoms with van der Waals surface area (Å²) in [6.07, 6.45) is 10.2. The van der Waals surface area contributed by atoms with Gasteiger partial charge in [0.1, 0.15) is 0 Å². The quantitative estimate of drug-likeness (QED) is 0.111. The number of aromatic nitrogens is 6. The molecule has 1 amide bonds. The summed E-state index contributed by atoms with van der Waals surface area (Å²) in [6, 6.07) is 41.9. The van der Waals surface area contributed by atoms with Crippen molar-refractivity contribution >= 4 is 11.9 Å². The number of carbonyl (C=O) groups is 2. The Hall–Kier alpha value is -7.72. The van der Waals surface area contributed by atoms with Gasteiger partial charge in [-0.25, -0.2) is 4.79 Å². The lowest BCUT2D eigenvalue weighted by Crippen LogP contribution is -2.48. The molecule has 10 rings (SSSR count). The first-order valence-corrected chi connectivity index (χ1v) is 23.8. The van der Waals surface area contributed by atoms with Gasteiger partial charge >= 0.3 is 5.97 Å². The van der Waals surface area contributed by atoms with Gasteiger partial charge in [0, 0.05) is 73.7 Å². The van der Waals surface area contributed by atoms with Gasteiger partial charge in [0.05, 0.1) is 11.1 Å². The van der Waals surface area contributed by atoms with Gasteiger partial charge in [-0.2, -0.15) is 9.97 Å². The molecule has 2 fully saturated rings. The van der Waals surface area contributed by atoms with Crippen LogP contribution in [0.25, 0.3) is 45.0 Å². The standard InChI is InChI=1S/C28H29N5O2.C19H24N2.C9H7N3O3/c1-20-31-26(32-35-20)23-15-24(18-29-17-23)27(34)30-19-28(11-13-33(2)14-12-28)25-10-6-9-22(16-25)21-7-4-3-5-8-21;1-21-12-10-19(15-20,11-13-21)18-9-5-8-17(14-18)16-6-3-2-4-7-16;1-5-11-8(12-15-5)6-2-7(9(13)14)4-10-3-6/h3-10,15-18H,11-14,19H2,1-2H3,(H,30,34);2-9,14H,10-13,15,20H2,1H3;2-4H,1H3,(H,13,14). The van der Waals surface area contributed by atoms with Gasteiger partial charge in [-0.3, -0.25) is 14.8 Å². The molecule has 15 heteroatoms. The molecule has 364 valence electrons. The maximum atomic E-state index is 13.2. The van der Waals surface area contributed by atoms with Gasteiger partial charge < -0.3 is 35.0 Å². The maximum Gasteiger partial charge on any atom is 0.337 e. The Kier molecular flexibility index (Phi) is 16.0. The minimum Gasteiger partial charge on any atom is -0.478 e. The number of pyridine rings is 2. The molecule has 2 aliphatic rings. The molecule has 4 aromatic heterocycles. The first-order valence-electron chi connectivity index (χ1n) is 23.8. The summed E-state index contributed by atoms with van der Waals surface area (Å²) in [5.74, 6) is 0.460. The Morgan fingerprint density at radius 1 is 0.577 bits per heavy atom. The third-order valence-corrected chi connectivity index (χ3v) is 13.6. The number of nitrogens with two attached hydrogens (primary N) is 1. The second-order valence-corrected chi connectivity index (χ2v) is 18.5. The number of aromatic carboxylic acids is 1. The van der Waals surface area contributed by atoms with Crippen molar-refractivity contribution < 1.29 is 23.7 Å². The van der Waals surface area contributed by atoms with Crippen LogP contribution in [0.15, 0.2) is 155 Å². The fourth-order valence-corrected chi connectivity index (χ4v) is 9.14. The molecule has 0 radical (unpaired) electrons. The van der Waals surface area contributed by atoms with Crippen molar-refractivity contribution in [1.29, 1.82) is 0 Å². The summed E-state index contributed by atoms with van der Waals surface area (Å²) in [4.78, 5) is 44.8. The highest BCUT2D eigenvalue weighted by molar-refractivity contribution is 5.95. The van der Waals surface area contributed by atoms with Gasteiger partial charge in [0.15, 0.2) is 0 Å². The predicted molar refractivity (Wildman–Crippen MR) is 273 cm³/mol. The van der Waals surface area contributed by atoms with Crippen LogP contribution in [0.3, 0.4) is 0 Å². The maximum absolute atomic E-state index is 13.2. The lowest BCUT2D eigenvalue weighted by Gasteiger charge is -2.41. The first kappa shape index (κ1) is 49.7. The van der Waals surface area contributed by atoms with Crippen molar-refractivity contribution in [2.24, 2.45) is 5.73 Å². The average Bonchev–Trinajstić information content (AvgIpc) is 4.08. The van der Waals surface area contributed by atoms with E-state index in [0.717, 1.165) is 58.4 Å². The number of likely N-dealkylation sites (tertiary alicyclic amines) is 2. The topological polar surface area (TPSA) is 203 Å². The number of carbonyl (C=O) groups excluding carboxylic acids is 1. The van der Waals surface area contributed by atoms with E-state index in [9.17, 15) is 9.59 Å². The van der Waals surface area contributed by atoms with Crippen LogP contribution in [-0.2, 0) is 10.8 Å². The number of nitrogens with zero attached hydrogens (tertiary/aromatic N) is 8. The number of benzene rings is 4. The molecule has 0 bridgehead atoms. The fraction of sp³-hybridized carbons (Fsp3) is 0.286. The Bertz CT molecular complexity index is 3010. The number of hydrogen-bond donors (Lipinski definition) is 3. The molecule has 8 aromatic rings. The summed E-state index contributed by atoms with van der Waals surface area (Å²) < 4.78 is 9.85. The number of amides is 1. The zero-order valence-corrected chi connectivity index (χ0v) is 40.7. The van der Waals surface area contributed by atoms with E-state index < -0.39 is 5.97 Å². The largest absolute Gasteiger partial charge is 0.478 e. The van der Waals surface area contributed by atoms with Gasteiger partial charge in [0.25, 0.3) is 5.91 Å². The zero-order valence-electron chi connectivity index (χ0n) is 40.7. The number of hydrogen-bond acceptors (Lipinski definition) is 13. The Morgan fingerprint density at radius 3 is 1.46 bits per heavy atom. The molecule has 0 spiro atoms. The molecule has 0 aliphatic carbocycles. The number of nitrogens with one attached hydrogen (secondary N) is 1. The average molecular weight is 953 g/mol. The number of piperidine rings is 2. The van der Waals surface area contributed by atoms with Crippen LogP contribution >= 0.6 is 0 Å². The normalized spacial score (nSPS) is 15.3. The highest BCUT2D eigenvalue weighted by Crippen LogP contribution is 2.38. The van der Waals surface area contributed by atoms with E-state index in [-0.39, 0.29) is 22.3 Å². The van der Waals surface area contributed by atoms with Crippen LogP contribution in [0.1, 0.15) is 69.3 Å². The van der Waals surface area contributed by atoms with Crippen molar-refractivity contribution in [3.8, 4) is 45.0 Å². The SMILES string of the molecule is CN1CCC(CN)(c2cccc(-c3ccccc3)c2)CC1.Cc1nc(-c2cncc(C(=O)NCC3(c4cccc(-c5ccccc5)c4)CCN(C)CC3)c2)no1.Cc1nc(-c2cncc(C(=O)O)c2)no1. The summed E-state index contributed by atoms with van der Waals surface area (Å²) in [5.41, 5.74) is 15.6. The molecule has 2 aliphatic heterocycles. The minimum atomic E-state index is -1.04. The van der Waals surface area contributed by atoms with E-state index in [2.05, 4.69) is 163 Å². The van der Waals surface area contributed by atoms with Crippen molar-refractivity contribution in [2.75, 3.05) is 53.4 Å². The van der Waals surface area contributed by atoms with Crippen molar-refractivity contribution in [3.05, 3.63) is 180 Å². The van der Waals surface area contributed by atoms with E-state index in [1.807, 2.05) is 6.07 Å². The summed E-state index contributed by atoms with van der Waals surface area (Å²) in [6.45, 7) is 8.92. The smallest absolute Gasteiger partial charge is 0.337 e. The predicted octanol–water partition coefficient (Wildman–Crippen LogP) is 8.91. The second-order valence-electron chi connectivity index (χ2n) is 18.5. The minimum absolute atomic E-state index is 0.0925. The molecule has 0 unspecified atom stereocenters. The Balaban J connectivity index is 0.000000159. The molecule has 0 atom stereocenters. The number of rotatable bonds is 11. The molecular weight excluding hydrogens is 893 g/mol. The van der Waals surface area contributed by atoms with Gasteiger partial charge in [-0.05, 0) is 111 Å². The third-order valence-electron chi connectivity index (χ3n) is 13.6. The highest BCUT2D eigenvalue weighted by Gasteiger charge is 2.37. The number of carboxylic acids is 1. The number of carboxylic acid groups (broad SMARTS) is 1. The van der Waals surface area contributed by atoms with Gasteiger partial charge in [0.2, 0.25) is 23.4 Å². The van der Waals surface area contributed by atoms with Crippen LogP contribution < -0.4 is 11.1 Å². The van der Waals surface area contributed by atoms with E-state index in [1.54, 1.807) is 32.3 Å². The molecule has 6 heterocycles. The molecule has 4 aromatic carbocycles. The zero-order chi connectivity index (χ0) is 49.8. The third kappa shape index (κ3) is 12.4. The number of aryl methyl sites for hydroxylation is 2. The highest BCUT2D eigenvalue weighted by atomic mass is 16.5. The molecule has 71 heavy (non-hydrogen) atoms. The summed E-state index contributed by atoms with van der Waals surface area (Å²) in [7, 11) is 4.35. The monoisotopic (exact) mass is 952 g/mol. The van der Waals surface area contributed by atoms with Crippen LogP contribution in [0.2, 0.25) is 0 Å². The van der Waals surface area contributed by atoms with E-state index in [4.69, 9.17) is 19.9 Å². The molecule has 0 saturated carbocycles. The fourth-order valence-electron chi connectivity index (χ4n) is 9.14. The Morgan fingerprint density at radius 2 is 1.01 bits per heavy atom. The second kappa shape index (κ2) is 22.8. The van der Waals surface area contributed by atoms with Crippen molar-refractivity contribution in [1.82, 2.24) is 45.4 Å². The van der Waals surface area contributed by atoms with Gasteiger partial charge in [-0.15, -0.1) is 0 Å². The van der Waals surface area contributed by atoms with Crippen LogP contribution in [0, 0.1) is 13.8 Å². The van der Waals surface area contributed by atoms with Gasteiger partial charge in [-0.1, -0.05) is 120 Å². The molecule has 4 N–H and O–H groups in total. The Labute approximate surface area is 414 Å². The van der Waals surface area contributed by atoms with E-state index in [1.165, 1.54) is 51.8 Å². The molecule has 2 saturated heterocycles. The lowest BCUT2D eigenvalue weighted by atomic mass is 9.72. The van der Waals surface area contributed by atoms with Crippen molar-refractivity contribution in [3.63, 3.8) is 0 Å². The van der Waals surface area contributed by atoms with Crippen LogP contribution in [0.5, 0.6) is 0 Å². The summed E-state index contributed by atoms with van der Waals surface area (Å²) in [5, 5.41) is 19.6. The van der Waals surface area contributed by atoms with Crippen LogP contribution in [0.4, 0.5) is 0 Å². The summed E-state index contributed by atoms with van der Waals surface area (Å²) >= 11 is 0. The first-order chi connectivity index (χ1) is 34.4. The van der Waals surface area contributed by atoms with Crippen molar-refractivity contribution in [2.45, 2.75) is 50.4 Å². The molecular formula is C56H60N10O5. The van der Waals surface area contributed by atoms with Crippen LogP contribution in [-0.4, -0.2) is 110 Å². The lowest BCUT2D eigenvalue weighted by molar-refractivity contribution is 0.0696. The van der Waals surface area contributed by atoms with E-state index >= 15 is 0 Å². The van der Waals surface area contributed by atoms with E-state index in [0.29, 0.717) is 46.7 Å². The molecule has 15 nitrogen and oxygen atoms in total.